The second-order valence-electron chi connectivity index (χ2n) is 9.53. The molecular weight excluding hydrogens is 566 g/mol. The van der Waals surface area contributed by atoms with E-state index in [0.29, 0.717) is 11.3 Å². The average Bonchev–Trinajstić information content (AvgIpc) is 3.37. The Bertz CT molecular complexity index is 1350. The lowest BCUT2D eigenvalue weighted by Gasteiger charge is -2.25. The van der Waals surface area contributed by atoms with Crippen LogP contribution in [0.4, 0.5) is 0 Å². The number of carbonyl (C=O) groups excluding carboxylic acids is 3. The number of H-pyrrole nitrogens is 1. The molecule has 0 fully saturated rings. The molecule has 4 unspecified atom stereocenters. The van der Waals surface area contributed by atoms with E-state index in [-0.39, 0.29) is 30.8 Å². The summed E-state index contributed by atoms with van der Waals surface area (Å²) in [6, 6.07) is 9.22. The van der Waals surface area contributed by atoms with Crippen LogP contribution in [0.3, 0.4) is 0 Å². The molecule has 0 radical (unpaired) electrons. The van der Waals surface area contributed by atoms with E-state index < -0.39 is 47.9 Å². The molecule has 220 valence electrons. The Labute approximate surface area is 247 Å². The maximum absolute atomic E-state index is 13.6. The summed E-state index contributed by atoms with van der Waals surface area (Å²) in [5.41, 5.74) is 8.04. The van der Waals surface area contributed by atoms with Crippen LogP contribution in [-0.4, -0.2) is 80.8 Å². The number of aromatic hydroxyl groups is 1. The number of fused-ring (bicyclic) bond motifs is 1. The van der Waals surface area contributed by atoms with Crippen LogP contribution in [0.2, 0.25) is 0 Å². The van der Waals surface area contributed by atoms with Gasteiger partial charge < -0.3 is 36.9 Å². The lowest BCUT2D eigenvalue weighted by Crippen LogP contribution is -2.58. The summed E-state index contributed by atoms with van der Waals surface area (Å²) in [4.78, 5) is 54.7. The van der Waals surface area contributed by atoms with Crippen molar-refractivity contribution in [1.29, 1.82) is 0 Å². The molecule has 13 heteroatoms. The third-order valence-electron chi connectivity index (χ3n) is 6.50. The van der Waals surface area contributed by atoms with Crippen LogP contribution in [0.25, 0.3) is 10.9 Å². The number of nitrogens with two attached hydrogens (primary N) is 1. The Balaban J connectivity index is 1.89. The standard InChI is InChI=1S/C28H35N5O6S2/c1-41-11-10-22(28(38)39)31-27(37)24(13-17-14-30-21-5-3-2-4-19(17)21)33-26(36)23(32-25(35)20(29)15-40)12-16-6-8-18(34)9-7-16/h2-9,14,20,22-24,30,34,40H,10-13,15,29H2,1H3,(H,31,37)(H,32,35)(H,33,36)(H,38,39). The molecule has 3 rings (SSSR count). The molecule has 11 nitrogen and oxygen atoms in total. The van der Waals surface area contributed by atoms with E-state index in [1.54, 1.807) is 18.3 Å². The van der Waals surface area contributed by atoms with E-state index in [0.717, 1.165) is 16.5 Å². The number of carboxylic acids is 1. The third-order valence-corrected chi connectivity index (χ3v) is 7.54. The monoisotopic (exact) mass is 601 g/mol. The highest BCUT2D eigenvalue weighted by molar-refractivity contribution is 7.98. The normalized spacial score (nSPS) is 14.0. The Kier molecular flexibility index (Phi) is 11.9. The maximum Gasteiger partial charge on any atom is 0.326 e. The van der Waals surface area contributed by atoms with Crippen molar-refractivity contribution in [3.8, 4) is 5.75 Å². The second-order valence-corrected chi connectivity index (χ2v) is 10.9. The lowest BCUT2D eigenvalue weighted by atomic mass is 10.0. The Morgan fingerprint density at radius 1 is 0.927 bits per heavy atom. The first-order valence-electron chi connectivity index (χ1n) is 12.9. The molecular formula is C28H35N5O6S2. The number of nitrogens with one attached hydrogen (secondary N) is 4. The minimum atomic E-state index is -1.18. The summed E-state index contributed by atoms with van der Waals surface area (Å²) in [6.07, 6.45) is 3.89. The molecule has 0 saturated heterocycles. The first kappa shape index (κ1) is 31.8. The zero-order valence-electron chi connectivity index (χ0n) is 22.5. The highest BCUT2D eigenvalue weighted by Crippen LogP contribution is 2.20. The fourth-order valence-electron chi connectivity index (χ4n) is 4.21. The molecule has 3 amide bonds. The van der Waals surface area contributed by atoms with Gasteiger partial charge in [-0.05, 0) is 47.8 Å². The molecule has 1 aromatic heterocycles. The van der Waals surface area contributed by atoms with Gasteiger partial charge in [0.15, 0.2) is 0 Å². The molecule has 0 spiro atoms. The molecule has 0 bridgehead atoms. The number of aliphatic carboxylic acids is 1. The van der Waals surface area contributed by atoms with Gasteiger partial charge >= 0.3 is 5.97 Å². The predicted octanol–water partition coefficient (Wildman–Crippen LogP) is 1.21. The van der Waals surface area contributed by atoms with E-state index in [4.69, 9.17) is 5.73 Å². The summed E-state index contributed by atoms with van der Waals surface area (Å²) >= 11 is 5.51. The minimum absolute atomic E-state index is 0.0424. The van der Waals surface area contributed by atoms with Crippen LogP contribution in [-0.2, 0) is 32.0 Å². The Morgan fingerprint density at radius 2 is 1.54 bits per heavy atom. The van der Waals surface area contributed by atoms with Gasteiger partial charge in [0.1, 0.15) is 23.9 Å². The zero-order valence-corrected chi connectivity index (χ0v) is 24.2. The summed E-state index contributed by atoms with van der Waals surface area (Å²) in [5.74, 6) is -2.49. The summed E-state index contributed by atoms with van der Waals surface area (Å²) < 4.78 is 0. The van der Waals surface area contributed by atoms with Gasteiger partial charge in [0.25, 0.3) is 0 Å². The second kappa shape index (κ2) is 15.4. The highest BCUT2D eigenvalue weighted by atomic mass is 32.2. The molecule has 8 N–H and O–H groups in total. The number of phenols is 1. The highest BCUT2D eigenvalue weighted by Gasteiger charge is 2.31. The smallest absolute Gasteiger partial charge is 0.326 e. The first-order chi connectivity index (χ1) is 19.6. The minimum Gasteiger partial charge on any atom is -0.508 e. The van der Waals surface area contributed by atoms with Gasteiger partial charge in [0.05, 0.1) is 6.04 Å². The van der Waals surface area contributed by atoms with E-state index in [2.05, 4.69) is 33.6 Å². The van der Waals surface area contributed by atoms with Gasteiger partial charge in [-0.25, -0.2) is 4.79 Å². The number of carboxylic acid groups (broad SMARTS) is 1. The van der Waals surface area contributed by atoms with Crippen molar-refractivity contribution in [3.63, 3.8) is 0 Å². The SMILES string of the molecule is CSCCC(NC(=O)C(Cc1c[nH]c2ccccc12)NC(=O)C(Cc1ccc(O)cc1)NC(=O)C(N)CS)C(=O)O. The molecule has 0 aliphatic rings. The number of carbonyl (C=O) groups is 4. The summed E-state index contributed by atoms with van der Waals surface area (Å²) in [5, 5.41) is 28.1. The number of para-hydroxylation sites is 1. The molecule has 4 atom stereocenters. The topological polar surface area (TPSA) is 187 Å². The van der Waals surface area contributed by atoms with Crippen molar-refractivity contribution in [2.24, 2.45) is 5.73 Å². The summed E-state index contributed by atoms with van der Waals surface area (Å²) in [6.45, 7) is 0. The van der Waals surface area contributed by atoms with Crippen LogP contribution in [0.1, 0.15) is 17.5 Å². The fraction of sp³-hybridized carbons (Fsp3) is 0.357. The molecule has 41 heavy (non-hydrogen) atoms. The van der Waals surface area contributed by atoms with E-state index in [1.807, 2.05) is 30.5 Å². The van der Waals surface area contributed by atoms with Crippen molar-refractivity contribution in [2.45, 2.75) is 43.4 Å². The van der Waals surface area contributed by atoms with Crippen molar-refractivity contribution in [3.05, 3.63) is 65.9 Å². The van der Waals surface area contributed by atoms with Crippen molar-refractivity contribution < 1.29 is 29.4 Å². The fourth-order valence-corrected chi connectivity index (χ4v) is 4.84. The number of phenolic OH excluding ortho intramolecular Hbond substituents is 1. The number of thiol groups is 1. The van der Waals surface area contributed by atoms with Gasteiger partial charge in [-0.1, -0.05) is 30.3 Å². The van der Waals surface area contributed by atoms with Crippen molar-refractivity contribution in [1.82, 2.24) is 20.9 Å². The molecule has 1 heterocycles. The van der Waals surface area contributed by atoms with Crippen molar-refractivity contribution in [2.75, 3.05) is 17.8 Å². The molecule has 3 aromatic rings. The van der Waals surface area contributed by atoms with Gasteiger partial charge in [0.2, 0.25) is 17.7 Å². The first-order valence-corrected chi connectivity index (χ1v) is 15.0. The number of amides is 3. The van der Waals surface area contributed by atoms with Crippen LogP contribution >= 0.6 is 24.4 Å². The third kappa shape index (κ3) is 9.17. The van der Waals surface area contributed by atoms with Crippen LogP contribution in [0.5, 0.6) is 5.75 Å². The van der Waals surface area contributed by atoms with Crippen LogP contribution < -0.4 is 21.7 Å². The quantitative estimate of drug-likeness (QED) is 0.119. The number of rotatable bonds is 15. The summed E-state index contributed by atoms with van der Waals surface area (Å²) in [7, 11) is 0. The Morgan fingerprint density at radius 3 is 2.17 bits per heavy atom. The number of thioether (sulfide) groups is 1. The van der Waals surface area contributed by atoms with E-state index in [9.17, 15) is 29.4 Å². The number of aromatic nitrogens is 1. The van der Waals surface area contributed by atoms with Crippen LogP contribution in [0, 0.1) is 0 Å². The van der Waals surface area contributed by atoms with Crippen molar-refractivity contribution >= 4 is 59.0 Å². The molecule has 0 aliphatic heterocycles. The molecule has 0 saturated carbocycles. The number of hydrogen-bond donors (Lipinski definition) is 8. The molecule has 2 aromatic carbocycles. The molecule has 0 aliphatic carbocycles. The Hall–Kier alpha value is -3.68. The number of benzene rings is 2. The van der Waals surface area contributed by atoms with E-state index >= 15 is 0 Å². The maximum atomic E-state index is 13.6. The van der Waals surface area contributed by atoms with Crippen LogP contribution in [0.15, 0.2) is 54.7 Å². The number of hydrogen-bond acceptors (Lipinski definition) is 8. The average molecular weight is 602 g/mol. The van der Waals surface area contributed by atoms with E-state index in [1.165, 1.54) is 23.9 Å². The predicted molar refractivity (Wildman–Crippen MR) is 162 cm³/mol. The lowest BCUT2D eigenvalue weighted by molar-refractivity contribution is -0.142. The van der Waals surface area contributed by atoms with Gasteiger partial charge in [-0.15, -0.1) is 0 Å². The number of aromatic amines is 1. The van der Waals surface area contributed by atoms with Gasteiger partial charge in [-0.2, -0.15) is 24.4 Å². The largest absolute Gasteiger partial charge is 0.508 e. The van der Waals surface area contributed by atoms with Gasteiger partial charge in [0, 0.05) is 35.7 Å². The zero-order chi connectivity index (χ0) is 29.9. The van der Waals surface area contributed by atoms with Gasteiger partial charge in [-0.3, -0.25) is 14.4 Å².